The summed E-state index contributed by atoms with van der Waals surface area (Å²) in [7, 11) is 4.69. The summed E-state index contributed by atoms with van der Waals surface area (Å²) in [6.45, 7) is 0. The van der Waals surface area contributed by atoms with Crippen LogP contribution in [0.25, 0.3) is 0 Å². The number of hydrogen-bond donors (Lipinski definition) is 0. The van der Waals surface area contributed by atoms with Crippen LogP contribution in [-0.4, -0.2) is 8.75 Å². The van der Waals surface area contributed by atoms with Crippen molar-refractivity contribution in [2.75, 3.05) is 0 Å². The minimum absolute atomic E-state index is 0.0809. The second-order valence-electron chi connectivity index (χ2n) is 1.09. The van der Waals surface area contributed by atoms with E-state index in [0.29, 0.717) is 0 Å². The molecule has 0 aromatic carbocycles. The summed E-state index contributed by atoms with van der Waals surface area (Å²) in [5, 5.41) is 0. The Morgan fingerprint density at radius 1 is 1.20 bits per heavy atom. The molecule has 0 aliphatic carbocycles. The Morgan fingerprint density at radius 2 is 1.60 bits per heavy atom. The van der Waals surface area contributed by atoms with E-state index >= 15 is 0 Å². The lowest BCUT2D eigenvalue weighted by atomic mass is 11.5. The van der Waals surface area contributed by atoms with Crippen molar-refractivity contribution >= 4 is 49.3 Å². The quantitative estimate of drug-likeness (QED) is 0.424. The van der Waals surface area contributed by atoms with Gasteiger partial charge in [-0.1, -0.05) is 0 Å². The zero-order valence-electron chi connectivity index (χ0n) is 4.08. The Kier molecular flexibility index (Phi) is 4.17. The van der Waals surface area contributed by atoms with Gasteiger partial charge in [0.25, 0.3) is 3.24 Å². The minimum Gasteiger partial charge on any atom is -0.205 e. The minimum atomic E-state index is -4.62. The molecule has 8 heteroatoms. The molecule has 0 spiro atoms. The highest BCUT2D eigenvalue weighted by Crippen LogP contribution is 2.53. The lowest BCUT2D eigenvalue weighted by molar-refractivity contribution is -0.0337. The fraction of sp³-hybridized carbons (Fsp3) is 1.00. The molecule has 0 saturated heterocycles. The molecule has 62 valence electrons. The molecule has 0 bridgehead atoms. The molecule has 1 atom stereocenters. The van der Waals surface area contributed by atoms with E-state index in [9.17, 15) is 17.6 Å². The topological polar surface area (TPSA) is 0 Å². The smallest absolute Gasteiger partial charge is 0.205 e. The zero-order valence-corrected chi connectivity index (χ0v) is 8.06. The molecule has 0 nitrogen and oxygen atoms in total. The lowest BCUT2D eigenvalue weighted by Crippen LogP contribution is -2.10. The van der Waals surface area contributed by atoms with Gasteiger partial charge in [0.2, 0.25) is 0 Å². The van der Waals surface area contributed by atoms with Crippen LogP contribution in [0.5, 0.6) is 0 Å². The van der Waals surface area contributed by atoms with Crippen molar-refractivity contribution in [2.45, 2.75) is 8.75 Å². The summed E-state index contributed by atoms with van der Waals surface area (Å²) in [5.41, 5.74) is -4.62. The van der Waals surface area contributed by atoms with E-state index in [1.165, 1.54) is 0 Å². The highest BCUT2D eigenvalue weighted by Gasteiger charge is 2.42. The molecule has 0 radical (unpaired) electrons. The summed E-state index contributed by atoms with van der Waals surface area (Å²) in [4.78, 5) is 0. The molecule has 0 aromatic heterocycles. The van der Waals surface area contributed by atoms with Gasteiger partial charge < -0.3 is 0 Å². The van der Waals surface area contributed by atoms with E-state index in [-0.39, 0.29) is 11.0 Å². The van der Waals surface area contributed by atoms with Crippen molar-refractivity contribution in [3.8, 4) is 0 Å². The van der Waals surface area contributed by atoms with Gasteiger partial charge in [-0.05, 0) is 26.6 Å². The van der Waals surface area contributed by atoms with Gasteiger partial charge in [0, 0.05) is 22.7 Å². The molecule has 0 heterocycles. The molecule has 0 fully saturated rings. The van der Waals surface area contributed by atoms with Crippen LogP contribution in [0.15, 0.2) is 0 Å². The number of halogens is 6. The van der Waals surface area contributed by atoms with Crippen molar-refractivity contribution in [3.63, 3.8) is 0 Å². The first-order valence-corrected chi connectivity index (χ1v) is 4.96. The fourth-order valence-electron chi connectivity index (χ4n) is 0.150. The molecule has 0 amide bonds. The summed E-state index contributed by atoms with van der Waals surface area (Å²) in [6.07, 6.45) is 0. The highest BCUT2D eigenvalue weighted by molar-refractivity contribution is 9.14. The second-order valence-corrected chi connectivity index (χ2v) is 5.90. The van der Waals surface area contributed by atoms with Crippen LogP contribution in [0.2, 0.25) is 0 Å². The predicted molar refractivity (Wildman–Crippen MR) is 39.9 cm³/mol. The second kappa shape index (κ2) is 3.73. The SMILES string of the molecule is FC(F)(F)SC(F)(Br)SCl. The molecule has 0 N–H and O–H groups in total. The molecule has 0 rings (SSSR count). The van der Waals surface area contributed by atoms with Crippen molar-refractivity contribution in [3.05, 3.63) is 0 Å². The van der Waals surface area contributed by atoms with Gasteiger partial charge in [-0.3, -0.25) is 0 Å². The standard InChI is InChI=1S/C2BrClF4S2/c3-1(5,10-4)9-2(6,7)8. The van der Waals surface area contributed by atoms with Crippen LogP contribution in [0, 0.1) is 0 Å². The van der Waals surface area contributed by atoms with E-state index in [1.807, 2.05) is 0 Å². The van der Waals surface area contributed by atoms with Crippen molar-refractivity contribution in [1.29, 1.82) is 0 Å². The Balaban J connectivity index is 3.89. The maximum atomic E-state index is 12.3. The monoisotopic (exact) mass is 278 g/mol. The summed E-state index contributed by atoms with van der Waals surface area (Å²) in [6, 6.07) is 0. The van der Waals surface area contributed by atoms with E-state index in [2.05, 4.69) is 15.9 Å². The van der Waals surface area contributed by atoms with Crippen molar-refractivity contribution < 1.29 is 17.6 Å². The average molecular weight is 280 g/mol. The van der Waals surface area contributed by atoms with E-state index in [4.69, 9.17) is 10.7 Å². The Hall–Kier alpha value is 1.19. The fourth-order valence-corrected chi connectivity index (χ4v) is 1.66. The summed E-state index contributed by atoms with van der Waals surface area (Å²) >= 11 is 1.26. The van der Waals surface area contributed by atoms with Gasteiger partial charge in [-0.2, -0.15) is 13.2 Å². The van der Waals surface area contributed by atoms with Gasteiger partial charge in [-0.25, -0.2) is 4.39 Å². The Bertz CT molecular complexity index is 114. The van der Waals surface area contributed by atoms with Crippen LogP contribution in [-0.2, 0) is 0 Å². The van der Waals surface area contributed by atoms with E-state index in [0.717, 1.165) is 0 Å². The number of thioether (sulfide) groups is 1. The number of hydrogen-bond acceptors (Lipinski definition) is 2. The van der Waals surface area contributed by atoms with E-state index in [1.54, 1.807) is 0 Å². The van der Waals surface area contributed by atoms with Crippen LogP contribution in [0.3, 0.4) is 0 Å². The van der Waals surface area contributed by atoms with Gasteiger partial charge in [0.1, 0.15) is 0 Å². The Labute approximate surface area is 75.7 Å². The van der Waals surface area contributed by atoms with Crippen LogP contribution in [0.4, 0.5) is 17.6 Å². The highest BCUT2D eigenvalue weighted by atomic mass is 79.9. The molecule has 0 aliphatic heterocycles. The Morgan fingerprint density at radius 3 is 1.70 bits per heavy atom. The predicted octanol–water partition coefficient (Wildman–Crippen LogP) is 4.10. The number of rotatable bonds is 2. The average Bonchev–Trinajstić information content (AvgIpc) is 1.60. The first-order valence-electron chi connectivity index (χ1n) is 1.71. The van der Waals surface area contributed by atoms with Gasteiger partial charge in [0.05, 0.1) is 0 Å². The van der Waals surface area contributed by atoms with Gasteiger partial charge in [-0.15, -0.1) is 0 Å². The summed E-state index contributed by atoms with van der Waals surface area (Å²) in [5.74, 6) is 0. The third-order valence-corrected chi connectivity index (χ3v) is 3.92. The first kappa shape index (κ1) is 11.2. The molecule has 0 aromatic rings. The molecule has 10 heavy (non-hydrogen) atoms. The van der Waals surface area contributed by atoms with E-state index < -0.39 is 20.5 Å². The molecular formula is C2BrClF4S2. The molecule has 1 unspecified atom stereocenters. The molecule has 0 saturated carbocycles. The van der Waals surface area contributed by atoms with Gasteiger partial charge in [0.15, 0.2) is 0 Å². The molecular weight excluding hydrogens is 280 g/mol. The third kappa shape index (κ3) is 5.94. The normalized spacial score (nSPS) is 18.6. The van der Waals surface area contributed by atoms with Crippen molar-refractivity contribution in [2.24, 2.45) is 0 Å². The van der Waals surface area contributed by atoms with Crippen LogP contribution >= 0.6 is 49.3 Å². The zero-order chi connectivity index (χ0) is 8.41. The van der Waals surface area contributed by atoms with Crippen molar-refractivity contribution in [1.82, 2.24) is 0 Å². The van der Waals surface area contributed by atoms with Crippen LogP contribution < -0.4 is 0 Å². The largest absolute Gasteiger partial charge is 0.446 e. The van der Waals surface area contributed by atoms with Gasteiger partial charge >= 0.3 is 5.51 Å². The third-order valence-electron chi connectivity index (χ3n) is 0.324. The molecule has 0 aliphatic rings. The first-order chi connectivity index (χ1) is 4.27. The maximum Gasteiger partial charge on any atom is 0.446 e. The maximum absolute atomic E-state index is 12.3. The lowest BCUT2D eigenvalue weighted by Gasteiger charge is -2.13. The summed E-state index contributed by atoms with van der Waals surface area (Å²) < 4.78 is 43.7. The van der Waals surface area contributed by atoms with Crippen LogP contribution in [0.1, 0.15) is 0 Å². The number of alkyl halides is 5.